The number of nitrogens with one attached hydrogen (secondary N) is 1. The van der Waals surface area contributed by atoms with E-state index in [2.05, 4.69) is 69.7 Å². The quantitative estimate of drug-likeness (QED) is 0.917. The molecule has 1 N–H and O–H groups in total. The molecule has 0 spiro atoms. The average molecular weight is 293 g/mol. The van der Waals surface area contributed by atoms with E-state index in [9.17, 15) is 0 Å². The van der Waals surface area contributed by atoms with Crippen molar-refractivity contribution in [2.24, 2.45) is 0 Å². The number of fused-ring (bicyclic) bond motifs is 3. The lowest BCUT2D eigenvalue weighted by Crippen LogP contribution is -2.52. The minimum absolute atomic E-state index is 0.619. The minimum atomic E-state index is 0.619. The molecule has 22 heavy (non-hydrogen) atoms. The number of anilines is 2. The molecule has 114 valence electrons. The number of benzene rings is 2. The van der Waals surface area contributed by atoms with Gasteiger partial charge in [0.15, 0.2) is 0 Å². The van der Waals surface area contributed by atoms with E-state index in [1.54, 1.807) is 0 Å². The number of piperazine rings is 1. The number of para-hydroxylation sites is 2. The smallest absolute Gasteiger partial charge is 0.0605 e. The maximum atomic E-state index is 3.59. The molecule has 0 aromatic heterocycles. The van der Waals surface area contributed by atoms with Gasteiger partial charge < -0.3 is 10.2 Å². The summed E-state index contributed by atoms with van der Waals surface area (Å²) in [4.78, 5) is 5.21. The van der Waals surface area contributed by atoms with Crippen LogP contribution >= 0.6 is 0 Å². The number of hydrogen-bond acceptors (Lipinski definition) is 3. The van der Waals surface area contributed by atoms with Crippen LogP contribution in [-0.4, -0.2) is 37.1 Å². The van der Waals surface area contributed by atoms with Gasteiger partial charge in [-0.2, -0.15) is 0 Å². The molecule has 2 aromatic rings. The number of nitrogens with zero attached hydrogens (tertiary/aromatic N) is 2. The van der Waals surface area contributed by atoms with E-state index in [-0.39, 0.29) is 0 Å². The summed E-state index contributed by atoms with van der Waals surface area (Å²) in [5.74, 6) is 0. The van der Waals surface area contributed by atoms with Crippen LogP contribution in [0.5, 0.6) is 0 Å². The molecule has 1 atom stereocenters. The Morgan fingerprint density at radius 1 is 0.955 bits per heavy atom. The van der Waals surface area contributed by atoms with Gasteiger partial charge in [-0.15, -0.1) is 0 Å². The Balaban J connectivity index is 1.50. The lowest BCUT2D eigenvalue weighted by molar-refractivity contribution is 0.212. The van der Waals surface area contributed by atoms with Crippen LogP contribution in [0.1, 0.15) is 12.0 Å². The summed E-state index contributed by atoms with van der Waals surface area (Å²) in [7, 11) is 0. The van der Waals surface area contributed by atoms with Crippen molar-refractivity contribution in [2.75, 3.05) is 36.4 Å². The maximum absolute atomic E-state index is 3.59. The highest BCUT2D eigenvalue weighted by Crippen LogP contribution is 2.32. The maximum Gasteiger partial charge on any atom is 0.0605 e. The van der Waals surface area contributed by atoms with Gasteiger partial charge in [-0.05, 0) is 24.1 Å². The Hall–Kier alpha value is -2.00. The molecule has 0 aliphatic carbocycles. The fraction of sp³-hybridized carbons (Fsp3) is 0.368. The van der Waals surface area contributed by atoms with E-state index in [0.29, 0.717) is 6.04 Å². The van der Waals surface area contributed by atoms with Crippen LogP contribution in [-0.2, 0) is 6.54 Å². The second-order valence-corrected chi connectivity index (χ2v) is 6.30. The molecule has 2 aromatic carbocycles. The van der Waals surface area contributed by atoms with Gasteiger partial charge in [0.1, 0.15) is 0 Å². The van der Waals surface area contributed by atoms with Crippen LogP contribution in [0.2, 0.25) is 0 Å². The fourth-order valence-corrected chi connectivity index (χ4v) is 3.72. The third-order valence-electron chi connectivity index (χ3n) is 4.82. The largest absolute Gasteiger partial charge is 0.383 e. The van der Waals surface area contributed by atoms with Crippen LogP contribution in [0.25, 0.3) is 0 Å². The molecule has 2 aliphatic rings. The van der Waals surface area contributed by atoms with Crippen LogP contribution in [0.4, 0.5) is 11.4 Å². The van der Waals surface area contributed by atoms with Gasteiger partial charge in [-0.1, -0.05) is 42.5 Å². The summed E-state index contributed by atoms with van der Waals surface area (Å²) >= 11 is 0. The van der Waals surface area contributed by atoms with Gasteiger partial charge in [0.2, 0.25) is 0 Å². The molecule has 3 heteroatoms. The summed E-state index contributed by atoms with van der Waals surface area (Å²) in [6.07, 6.45) is 1.21. The molecule has 3 nitrogen and oxygen atoms in total. The third kappa shape index (κ3) is 2.69. The second kappa shape index (κ2) is 6.01. The van der Waals surface area contributed by atoms with Gasteiger partial charge in [-0.3, -0.25) is 4.90 Å². The summed E-state index contributed by atoms with van der Waals surface area (Å²) in [6.45, 7) is 5.55. The normalized spacial score (nSPS) is 21.5. The minimum Gasteiger partial charge on any atom is -0.383 e. The topological polar surface area (TPSA) is 18.5 Å². The van der Waals surface area contributed by atoms with E-state index in [4.69, 9.17) is 0 Å². The Morgan fingerprint density at radius 3 is 2.68 bits per heavy atom. The van der Waals surface area contributed by atoms with Gasteiger partial charge in [-0.25, -0.2) is 0 Å². The highest BCUT2D eigenvalue weighted by Gasteiger charge is 2.29. The lowest BCUT2D eigenvalue weighted by atomic mass is 10.1. The van der Waals surface area contributed by atoms with Crippen LogP contribution in [0.3, 0.4) is 0 Å². The van der Waals surface area contributed by atoms with E-state index >= 15 is 0 Å². The van der Waals surface area contributed by atoms with Crippen molar-refractivity contribution in [3.8, 4) is 0 Å². The van der Waals surface area contributed by atoms with E-state index < -0.39 is 0 Å². The second-order valence-electron chi connectivity index (χ2n) is 6.30. The SMILES string of the molecule is c1ccc(CN2CCN3c4ccccc4NCCC3C2)cc1. The van der Waals surface area contributed by atoms with Crippen molar-refractivity contribution in [2.45, 2.75) is 19.0 Å². The first-order chi connectivity index (χ1) is 10.9. The Morgan fingerprint density at radius 2 is 1.77 bits per heavy atom. The monoisotopic (exact) mass is 293 g/mol. The van der Waals surface area contributed by atoms with Crippen molar-refractivity contribution in [1.29, 1.82) is 0 Å². The molecular formula is C19H23N3. The van der Waals surface area contributed by atoms with Crippen molar-refractivity contribution < 1.29 is 0 Å². The number of hydrogen-bond donors (Lipinski definition) is 1. The highest BCUT2D eigenvalue weighted by molar-refractivity contribution is 5.71. The Labute approximate surface area is 132 Å². The van der Waals surface area contributed by atoms with Crippen molar-refractivity contribution in [3.05, 3.63) is 60.2 Å². The molecule has 1 saturated heterocycles. The summed E-state index contributed by atoms with van der Waals surface area (Å²) in [5.41, 5.74) is 4.09. The first-order valence-electron chi connectivity index (χ1n) is 8.26. The van der Waals surface area contributed by atoms with Crippen LogP contribution in [0, 0.1) is 0 Å². The van der Waals surface area contributed by atoms with Gasteiger partial charge in [0.25, 0.3) is 0 Å². The zero-order valence-corrected chi connectivity index (χ0v) is 12.9. The van der Waals surface area contributed by atoms with Gasteiger partial charge in [0.05, 0.1) is 11.4 Å². The van der Waals surface area contributed by atoms with Gasteiger partial charge >= 0.3 is 0 Å². The molecule has 4 rings (SSSR count). The Kier molecular flexibility index (Phi) is 3.73. The summed E-state index contributed by atoms with van der Waals surface area (Å²) in [5, 5.41) is 3.59. The van der Waals surface area contributed by atoms with E-state index in [0.717, 1.165) is 32.7 Å². The average Bonchev–Trinajstić information content (AvgIpc) is 2.75. The molecule has 0 bridgehead atoms. The number of rotatable bonds is 2. The zero-order chi connectivity index (χ0) is 14.8. The molecule has 1 unspecified atom stereocenters. The fourth-order valence-electron chi connectivity index (χ4n) is 3.72. The predicted molar refractivity (Wildman–Crippen MR) is 92.4 cm³/mol. The van der Waals surface area contributed by atoms with E-state index in [1.807, 2.05) is 0 Å². The first-order valence-corrected chi connectivity index (χ1v) is 8.26. The molecule has 2 aliphatic heterocycles. The first kappa shape index (κ1) is 13.6. The van der Waals surface area contributed by atoms with Crippen LogP contribution < -0.4 is 10.2 Å². The summed E-state index contributed by atoms with van der Waals surface area (Å²) < 4.78 is 0. The van der Waals surface area contributed by atoms with Crippen molar-refractivity contribution in [1.82, 2.24) is 4.90 Å². The molecule has 1 fully saturated rings. The third-order valence-corrected chi connectivity index (χ3v) is 4.82. The zero-order valence-electron chi connectivity index (χ0n) is 12.9. The highest BCUT2D eigenvalue weighted by atomic mass is 15.3. The van der Waals surface area contributed by atoms with Crippen LogP contribution in [0.15, 0.2) is 54.6 Å². The molecule has 0 amide bonds. The predicted octanol–water partition coefficient (Wildman–Crippen LogP) is 3.19. The van der Waals surface area contributed by atoms with Gasteiger partial charge in [0, 0.05) is 38.8 Å². The summed E-state index contributed by atoms with van der Waals surface area (Å²) in [6, 6.07) is 20.2. The van der Waals surface area contributed by atoms with E-state index in [1.165, 1.54) is 23.4 Å². The van der Waals surface area contributed by atoms with Crippen molar-refractivity contribution in [3.63, 3.8) is 0 Å². The molecular weight excluding hydrogens is 270 g/mol. The van der Waals surface area contributed by atoms with Crippen molar-refractivity contribution >= 4 is 11.4 Å². The Bertz CT molecular complexity index is 626. The molecule has 0 radical (unpaired) electrons. The molecule has 2 heterocycles. The molecule has 0 saturated carbocycles. The standard InChI is InChI=1S/C19H23N3/c1-2-6-16(7-3-1)14-21-12-13-22-17(15-21)10-11-20-18-8-4-5-9-19(18)22/h1-9,17,20H,10-15H2. The lowest BCUT2D eigenvalue weighted by Gasteiger charge is -2.42.